The van der Waals surface area contributed by atoms with Gasteiger partial charge in [-0.3, -0.25) is 4.79 Å². The van der Waals surface area contributed by atoms with E-state index in [0.29, 0.717) is 6.04 Å². The molecule has 1 saturated heterocycles. The number of carbonyl (C=O) groups is 1. The number of nitrogens with one attached hydrogen (secondary N) is 1. The molecule has 2 aliphatic rings. The van der Waals surface area contributed by atoms with Gasteiger partial charge in [0.2, 0.25) is 5.91 Å². The summed E-state index contributed by atoms with van der Waals surface area (Å²) in [7, 11) is 0. The molecule has 1 atom stereocenters. The van der Waals surface area contributed by atoms with E-state index in [1.165, 1.54) is 51.6 Å². The van der Waals surface area contributed by atoms with E-state index in [1.807, 2.05) is 6.92 Å². The summed E-state index contributed by atoms with van der Waals surface area (Å²) in [6.45, 7) is 5.53. The molecular weight excluding hydrogens is 238 g/mol. The maximum Gasteiger partial charge on any atom is 0.237 e. The minimum Gasteiger partial charge on any atom is -0.368 e. The minimum atomic E-state index is -0.507. The smallest absolute Gasteiger partial charge is 0.237 e. The molecule has 1 heterocycles. The molecule has 0 spiro atoms. The van der Waals surface area contributed by atoms with Crippen molar-refractivity contribution in [3.8, 4) is 0 Å². The Bertz CT molecular complexity index is 296. The van der Waals surface area contributed by atoms with Gasteiger partial charge in [0, 0.05) is 6.04 Å². The molecule has 1 aliphatic carbocycles. The van der Waals surface area contributed by atoms with Gasteiger partial charge in [-0.15, -0.1) is 0 Å². The Morgan fingerprint density at radius 2 is 1.89 bits per heavy atom. The standard InChI is InChI=1S/C15H29N3O/c1-15(14(16)19,17-13-7-8-13)9-6-12-18-10-4-2-3-5-11-18/h13,17H,2-12H2,1H3,(H2,16,19). The van der Waals surface area contributed by atoms with Crippen LogP contribution in [0.1, 0.15) is 58.3 Å². The molecule has 4 heteroatoms. The molecule has 1 amide bonds. The zero-order valence-corrected chi connectivity index (χ0v) is 12.3. The second kappa shape index (κ2) is 6.71. The summed E-state index contributed by atoms with van der Waals surface area (Å²) in [4.78, 5) is 14.2. The van der Waals surface area contributed by atoms with Crippen LogP contribution in [0.5, 0.6) is 0 Å². The van der Waals surface area contributed by atoms with Crippen molar-refractivity contribution < 1.29 is 4.79 Å². The number of hydrogen-bond acceptors (Lipinski definition) is 3. The highest BCUT2D eigenvalue weighted by Gasteiger charge is 2.36. The molecule has 1 saturated carbocycles. The largest absolute Gasteiger partial charge is 0.368 e. The fourth-order valence-electron chi connectivity index (χ4n) is 2.96. The first-order valence-electron chi connectivity index (χ1n) is 7.90. The minimum absolute atomic E-state index is 0.199. The predicted octanol–water partition coefficient (Wildman–Crippen LogP) is 1.64. The van der Waals surface area contributed by atoms with E-state index in [4.69, 9.17) is 5.73 Å². The monoisotopic (exact) mass is 267 g/mol. The molecule has 0 radical (unpaired) electrons. The number of amides is 1. The third-order valence-electron chi connectivity index (χ3n) is 4.49. The summed E-state index contributed by atoms with van der Waals surface area (Å²) in [6.07, 6.45) is 9.69. The average molecular weight is 267 g/mol. The van der Waals surface area contributed by atoms with Gasteiger partial charge in [-0.05, 0) is 65.1 Å². The molecule has 0 aromatic heterocycles. The van der Waals surface area contributed by atoms with Crippen LogP contribution in [0.3, 0.4) is 0 Å². The SMILES string of the molecule is CC(CCCN1CCCCCC1)(NC1CC1)C(N)=O. The first-order chi connectivity index (χ1) is 9.10. The molecule has 0 bridgehead atoms. The summed E-state index contributed by atoms with van der Waals surface area (Å²) in [5.74, 6) is -0.199. The number of rotatable bonds is 7. The Hall–Kier alpha value is -0.610. The number of primary amides is 1. The lowest BCUT2D eigenvalue weighted by molar-refractivity contribution is -0.124. The topological polar surface area (TPSA) is 58.4 Å². The third kappa shape index (κ3) is 4.77. The van der Waals surface area contributed by atoms with Gasteiger partial charge in [-0.25, -0.2) is 0 Å². The first-order valence-corrected chi connectivity index (χ1v) is 7.90. The van der Waals surface area contributed by atoms with E-state index in [2.05, 4.69) is 10.2 Å². The molecule has 19 heavy (non-hydrogen) atoms. The number of nitrogens with two attached hydrogens (primary N) is 1. The fraction of sp³-hybridized carbons (Fsp3) is 0.933. The highest BCUT2D eigenvalue weighted by molar-refractivity contribution is 5.84. The molecule has 0 aromatic carbocycles. The van der Waals surface area contributed by atoms with Gasteiger partial charge < -0.3 is 16.0 Å². The predicted molar refractivity (Wildman–Crippen MR) is 77.9 cm³/mol. The van der Waals surface area contributed by atoms with Gasteiger partial charge in [0.15, 0.2) is 0 Å². The summed E-state index contributed by atoms with van der Waals surface area (Å²) in [6, 6.07) is 0.524. The Morgan fingerprint density at radius 1 is 1.26 bits per heavy atom. The zero-order valence-electron chi connectivity index (χ0n) is 12.3. The summed E-state index contributed by atoms with van der Waals surface area (Å²) in [5, 5.41) is 3.42. The van der Waals surface area contributed by atoms with Gasteiger partial charge in [-0.1, -0.05) is 12.8 Å². The quantitative estimate of drug-likeness (QED) is 0.737. The fourth-order valence-corrected chi connectivity index (χ4v) is 2.96. The second-order valence-electron chi connectivity index (χ2n) is 6.47. The van der Waals surface area contributed by atoms with E-state index in [1.54, 1.807) is 0 Å². The summed E-state index contributed by atoms with van der Waals surface area (Å²) >= 11 is 0. The van der Waals surface area contributed by atoms with E-state index >= 15 is 0 Å². The Kier molecular flexibility index (Phi) is 5.22. The Morgan fingerprint density at radius 3 is 2.42 bits per heavy atom. The van der Waals surface area contributed by atoms with Crippen LogP contribution < -0.4 is 11.1 Å². The first kappa shape index (κ1) is 14.8. The number of hydrogen-bond donors (Lipinski definition) is 2. The Labute approximate surface area is 117 Å². The van der Waals surface area contributed by atoms with Crippen LogP contribution in [0.2, 0.25) is 0 Å². The maximum atomic E-state index is 11.7. The molecule has 0 aromatic rings. The van der Waals surface area contributed by atoms with E-state index in [9.17, 15) is 4.79 Å². The molecule has 3 N–H and O–H groups in total. The summed E-state index contributed by atoms with van der Waals surface area (Å²) in [5.41, 5.74) is 5.07. The van der Waals surface area contributed by atoms with Crippen LogP contribution in [0, 0.1) is 0 Å². The third-order valence-corrected chi connectivity index (χ3v) is 4.49. The average Bonchev–Trinajstić information content (AvgIpc) is 3.16. The van der Waals surface area contributed by atoms with Crippen molar-refractivity contribution in [2.45, 2.75) is 69.9 Å². The lowest BCUT2D eigenvalue weighted by atomic mass is 9.94. The molecule has 1 aliphatic heterocycles. The number of likely N-dealkylation sites (tertiary alicyclic amines) is 1. The van der Waals surface area contributed by atoms with Crippen molar-refractivity contribution in [1.29, 1.82) is 0 Å². The van der Waals surface area contributed by atoms with Gasteiger partial charge in [0.05, 0.1) is 5.54 Å². The lowest BCUT2D eigenvalue weighted by Crippen LogP contribution is -2.54. The van der Waals surface area contributed by atoms with Gasteiger partial charge in [0.1, 0.15) is 0 Å². The molecule has 1 unspecified atom stereocenters. The van der Waals surface area contributed by atoms with E-state index < -0.39 is 5.54 Å². The normalized spacial score (nSPS) is 24.7. The molecule has 4 nitrogen and oxygen atoms in total. The van der Waals surface area contributed by atoms with Crippen molar-refractivity contribution in [2.24, 2.45) is 5.73 Å². The Balaban J connectivity index is 1.73. The van der Waals surface area contributed by atoms with Crippen molar-refractivity contribution in [3.63, 3.8) is 0 Å². The van der Waals surface area contributed by atoms with Crippen molar-refractivity contribution in [2.75, 3.05) is 19.6 Å². The van der Waals surface area contributed by atoms with E-state index in [-0.39, 0.29) is 5.91 Å². The van der Waals surface area contributed by atoms with Crippen molar-refractivity contribution in [3.05, 3.63) is 0 Å². The van der Waals surface area contributed by atoms with Gasteiger partial charge in [0.25, 0.3) is 0 Å². The van der Waals surface area contributed by atoms with Crippen LogP contribution in [-0.4, -0.2) is 42.0 Å². The highest BCUT2D eigenvalue weighted by Crippen LogP contribution is 2.25. The van der Waals surface area contributed by atoms with Gasteiger partial charge in [-0.2, -0.15) is 0 Å². The van der Waals surface area contributed by atoms with Crippen LogP contribution >= 0.6 is 0 Å². The summed E-state index contributed by atoms with van der Waals surface area (Å²) < 4.78 is 0. The molecule has 110 valence electrons. The van der Waals surface area contributed by atoms with Crippen LogP contribution in [-0.2, 0) is 4.79 Å². The van der Waals surface area contributed by atoms with Crippen molar-refractivity contribution >= 4 is 5.91 Å². The van der Waals surface area contributed by atoms with Crippen LogP contribution in [0.4, 0.5) is 0 Å². The number of nitrogens with zero attached hydrogens (tertiary/aromatic N) is 1. The molecule has 2 fully saturated rings. The van der Waals surface area contributed by atoms with Crippen LogP contribution in [0.25, 0.3) is 0 Å². The van der Waals surface area contributed by atoms with Crippen LogP contribution in [0.15, 0.2) is 0 Å². The number of carbonyl (C=O) groups excluding carboxylic acids is 1. The molecular formula is C15H29N3O. The van der Waals surface area contributed by atoms with Crippen molar-refractivity contribution in [1.82, 2.24) is 10.2 Å². The second-order valence-corrected chi connectivity index (χ2v) is 6.47. The zero-order chi connectivity index (χ0) is 13.7. The van der Waals surface area contributed by atoms with Gasteiger partial charge >= 0.3 is 0 Å². The maximum absolute atomic E-state index is 11.7. The molecule has 2 rings (SSSR count). The van der Waals surface area contributed by atoms with E-state index in [0.717, 1.165) is 19.4 Å². The highest BCUT2D eigenvalue weighted by atomic mass is 16.1. The lowest BCUT2D eigenvalue weighted by Gasteiger charge is -2.29.